The van der Waals surface area contributed by atoms with E-state index in [4.69, 9.17) is 4.74 Å². The van der Waals surface area contributed by atoms with Crippen molar-refractivity contribution in [2.75, 3.05) is 38.1 Å². The molecule has 0 saturated carbocycles. The first-order valence-corrected chi connectivity index (χ1v) is 14.7. The molecule has 9 nitrogen and oxygen atoms in total. The van der Waals surface area contributed by atoms with Gasteiger partial charge in [-0.25, -0.2) is 0 Å². The Hall–Kier alpha value is -4.37. The number of H-pyrrole nitrogens is 1. The van der Waals surface area contributed by atoms with Gasteiger partial charge in [-0.05, 0) is 101 Å². The van der Waals surface area contributed by atoms with Crippen LogP contribution in [0.5, 0.6) is 5.75 Å². The van der Waals surface area contributed by atoms with Crippen molar-refractivity contribution in [2.45, 2.75) is 46.6 Å². The van der Waals surface area contributed by atoms with Gasteiger partial charge in [0.2, 0.25) is 0 Å². The summed E-state index contributed by atoms with van der Waals surface area (Å²) in [5.41, 5.74) is 5.89. The van der Waals surface area contributed by atoms with Gasteiger partial charge in [-0.1, -0.05) is 12.1 Å². The normalized spacial score (nSPS) is 16.3. The van der Waals surface area contributed by atoms with E-state index < -0.39 is 0 Å². The zero-order valence-electron chi connectivity index (χ0n) is 24.7. The molecule has 42 heavy (non-hydrogen) atoms. The molecule has 0 aliphatic carbocycles. The van der Waals surface area contributed by atoms with E-state index in [1.165, 1.54) is 12.8 Å². The van der Waals surface area contributed by atoms with Crippen molar-refractivity contribution in [3.05, 3.63) is 81.7 Å². The largest absolute Gasteiger partial charge is 0.494 e. The number of carbonyl (C=O) groups is 3. The second-order valence-electron chi connectivity index (χ2n) is 10.9. The minimum Gasteiger partial charge on any atom is -0.494 e. The van der Waals surface area contributed by atoms with Crippen LogP contribution in [0.15, 0.2) is 42.5 Å². The van der Waals surface area contributed by atoms with Gasteiger partial charge in [0.15, 0.2) is 0 Å². The second-order valence-corrected chi connectivity index (χ2v) is 10.9. The van der Waals surface area contributed by atoms with Gasteiger partial charge in [0, 0.05) is 41.3 Å². The number of aromatic amines is 1. The number of nitrogens with zero attached hydrogens (tertiary/aromatic N) is 1. The first-order chi connectivity index (χ1) is 20.2. The molecule has 3 amide bonds. The van der Waals surface area contributed by atoms with Gasteiger partial charge in [0.05, 0.1) is 23.8 Å². The number of ether oxygens (including phenoxy) is 1. The summed E-state index contributed by atoms with van der Waals surface area (Å²) in [5, 5.41) is 8.97. The van der Waals surface area contributed by atoms with E-state index in [2.05, 4.69) is 25.8 Å². The van der Waals surface area contributed by atoms with Gasteiger partial charge < -0.3 is 30.6 Å². The van der Waals surface area contributed by atoms with E-state index in [9.17, 15) is 14.4 Å². The minimum absolute atomic E-state index is 0.124. The molecule has 1 fully saturated rings. The number of carbonyl (C=O) groups excluding carboxylic acids is 3. The number of hydrogen-bond acceptors (Lipinski definition) is 5. The van der Waals surface area contributed by atoms with Gasteiger partial charge in [-0.15, -0.1) is 0 Å². The predicted octanol–water partition coefficient (Wildman–Crippen LogP) is 4.84. The molecule has 1 unspecified atom stereocenters. The number of aromatic nitrogens is 1. The molecule has 0 bridgehead atoms. The lowest BCUT2D eigenvalue weighted by molar-refractivity contribution is -0.110. The number of fused-ring (bicyclic) bond motifs is 1. The molecule has 3 aromatic rings. The highest BCUT2D eigenvalue weighted by molar-refractivity contribution is 6.35. The first-order valence-electron chi connectivity index (χ1n) is 14.7. The van der Waals surface area contributed by atoms with Crippen LogP contribution in [0.25, 0.3) is 11.6 Å². The number of anilines is 1. The van der Waals surface area contributed by atoms with Crippen LogP contribution in [0.3, 0.4) is 0 Å². The SMILES string of the molecule is CCOc1cccc(C(C)NC(=O)c2ccc3c(c2)C(=Cc2[nH]c(C)c(C(=O)NCCN4CCCC4)c2C)C(=O)N3)c1. The Kier molecular flexibility index (Phi) is 8.77. The fourth-order valence-electron chi connectivity index (χ4n) is 5.70. The molecule has 5 rings (SSSR count). The number of hydrogen-bond donors (Lipinski definition) is 4. The summed E-state index contributed by atoms with van der Waals surface area (Å²) < 4.78 is 5.59. The molecule has 220 valence electrons. The van der Waals surface area contributed by atoms with Crippen LogP contribution in [-0.4, -0.2) is 60.4 Å². The summed E-state index contributed by atoms with van der Waals surface area (Å²) in [5.74, 6) is 0.129. The molecule has 1 atom stereocenters. The van der Waals surface area contributed by atoms with E-state index in [-0.39, 0.29) is 23.8 Å². The van der Waals surface area contributed by atoms with Crippen molar-refractivity contribution >= 4 is 35.1 Å². The van der Waals surface area contributed by atoms with Gasteiger partial charge in [-0.3, -0.25) is 14.4 Å². The smallest absolute Gasteiger partial charge is 0.256 e. The van der Waals surface area contributed by atoms with Crippen molar-refractivity contribution in [2.24, 2.45) is 0 Å². The quantitative estimate of drug-likeness (QED) is 0.261. The van der Waals surface area contributed by atoms with Crippen LogP contribution in [0.1, 0.15) is 81.5 Å². The molecule has 2 aliphatic rings. The lowest BCUT2D eigenvalue weighted by atomic mass is 10.0. The summed E-state index contributed by atoms with van der Waals surface area (Å²) in [6.07, 6.45) is 4.19. The maximum atomic E-state index is 13.2. The molecule has 0 spiro atoms. The van der Waals surface area contributed by atoms with E-state index in [0.717, 1.165) is 42.2 Å². The van der Waals surface area contributed by atoms with Gasteiger partial charge >= 0.3 is 0 Å². The number of nitrogens with one attached hydrogen (secondary N) is 4. The molecular formula is C33H39N5O4. The summed E-state index contributed by atoms with van der Waals surface area (Å²) in [6, 6.07) is 12.6. The molecule has 9 heteroatoms. The second kappa shape index (κ2) is 12.7. The molecule has 2 aliphatic heterocycles. The monoisotopic (exact) mass is 569 g/mol. The summed E-state index contributed by atoms with van der Waals surface area (Å²) in [6.45, 7) is 11.8. The van der Waals surface area contributed by atoms with E-state index in [1.807, 2.05) is 52.0 Å². The average molecular weight is 570 g/mol. The molecular weight excluding hydrogens is 530 g/mol. The molecule has 2 aromatic carbocycles. The Bertz CT molecular complexity index is 1530. The van der Waals surface area contributed by atoms with Crippen LogP contribution in [0.2, 0.25) is 0 Å². The standard InChI is InChI=1S/C33H39N5O4/c1-5-42-25-10-8-9-23(17-25)21(3)36-31(39)24-11-12-28-26(18-24)27(32(40)37-28)19-29-20(2)30(22(4)35-29)33(41)34-13-16-38-14-6-7-15-38/h8-12,17-19,21,35H,5-7,13-16H2,1-4H3,(H,34,41)(H,36,39)(H,37,40). The topological polar surface area (TPSA) is 116 Å². The number of amides is 3. The fraction of sp³-hybridized carbons (Fsp3) is 0.364. The van der Waals surface area contributed by atoms with Crippen LogP contribution < -0.4 is 20.7 Å². The van der Waals surface area contributed by atoms with Crippen LogP contribution in [0, 0.1) is 13.8 Å². The average Bonchev–Trinajstić information content (AvgIpc) is 3.67. The molecule has 1 aromatic heterocycles. The highest BCUT2D eigenvalue weighted by Gasteiger charge is 2.27. The Morgan fingerprint density at radius 1 is 1.10 bits per heavy atom. The van der Waals surface area contributed by atoms with Crippen LogP contribution in [-0.2, 0) is 4.79 Å². The zero-order chi connectivity index (χ0) is 29.8. The summed E-state index contributed by atoms with van der Waals surface area (Å²) in [4.78, 5) is 44.9. The van der Waals surface area contributed by atoms with Crippen LogP contribution >= 0.6 is 0 Å². The Balaban J connectivity index is 1.32. The Morgan fingerprint density at radius 2 is 1.88 bits per heavy atom. The maximum absolute atomic E-state index is 13.2. The van der Waals surface area contributed by atoms with Crippen LogP contribution in [0.4, 0.5) is 5.69 Å². The van der Waals surface area contributed by atoms with Gasteiger partial charge in [0.1, 0.15) is 5.75 Å². The molecule has 3 heterocycles. The van der Waals surface area contributed by atoms with Crippen molar-refractivity contribution in [1.29, 1.82) is 0 Å². The van der Waals surface area contributed by atoms with Gasteiger partial charge in [0.25, 0.3) is 17.7 Å². The maximum Gasteiger partial charge on any atom is 0.256 e. The fourth-order valence-corrected chi connectivity index (χ4v) is 5.70. The Labute approximate surface area is 246 Å². The highest BCUT2D eigenvalue weighted by atomic mass is 16.5. The first kappa shape index (κ1) is 29.1. The summed E-state index contributed by atoms with van der Waals surface area (Å²) in [7, 11) is 0. The van der Waals surface area contributed by atoms with E-state index in [0.29, 0.717) is 46.8 Å². The number of aryl methyl sites for hydroxylation is 1. The van der Waals surface area contributed by atoms with E-state index in [1.54, 1.807) is 24.3 Å². The molecule has 4 N–H and O–H groups in total. The zero-order valence-corrected chi connectivity index (χ0v) is 24.7. The van der Waals surface area contributed by atoms with Crippen molar-refractivity contribution < 1.29 is 19.1 Å². The number of likely N-dealkylation sites (tertiary alicyclic amines) is 1. The van der Waals surface area contributed by atoms with Crippen molar-refractivity contribution in [3.63, 3.8) is 0 Å². The molecule has 1 saturated heterocycles. The third-order valence-electron chi connectivity index (χ3n) is 7.99. The van der Waals surface area contributed by atoms with Crippen molar-refractivity contribution in [1.82, 2.24) is 20.5 Å². The third-order valence-corrected chi connectivity index (χ3v) is 7.99. The van der Waals surface area contributed by atoms with Gasteiger partial charge in [-0.2, -0.15) is 0 Å². The highest BCUT2D eigenvalue weighted by Crippen LogP contribution is 2.35. The third kappa shape index (κ3) is 6.26. The lowest BCUT2D eigenvalue weighted by Gasteiger charge is -2.16. The Morgan fingerprint density at radius 3 is 2.64 bits per heavy atom. The molecule has 0 radical (unpaired) electrons. The van der Waals surface area contributed by atoms with E-state index >= 15 is 0 Å². The number of benzene rings is 2. The number of rotatable bonds is 10. The summed E-state index contributed by atoms with van der Waals surface area (Å²) >= 11 is 0. The van der Waals surface area contributed by atoms with Crippen molar-refractivity contribution in [3.8, 4) is 5.75 Å². The lowest BCUT2D eigenvalue weighted by Crippen LogP contribution is -2.33. The predicted molar refractivity (Wildman–Crippen MR) is 165 cm³/mol. The minimum atomic E-state index is -0.257.